The molecule has 0 aliphatic carbocycles. The number of amides is 2. The smallest absolute Gasteiger partial charge is 0.226 e. The van der Waals surface area contributed by atoms with Gasteiger partial charge in [0.1, 0.15) is 15.9 Å². The van der Waals surface area contributed by atoms with Crippen LogP contribution >= 0.6 is 15.9 Å². The summed E-state index contributed by atoms with van der Waals surface area (Å²) in [5.41, 5.74) is 6.67. The highest BCUT2D eigenvalue weighted by atomic mass is 79.9. The SMILES string of the molecule is NC(=O)C1CC(=O)Nc2nc(Br)c3ncccc3c21. The second-order valence-corrected chi connectivity index (χ2v) is 5.02. The maximum Gasteiger partial charge on any atom is 0.226 e. The molecule has 3 N–H and O–H groups in total. The predicted octanol–water partition coefficient (Wildman–Crippen LogP) is 1.30. The van der Waals surface area contributed by atoms with Crippen molar-refractivity contribution in [3.63, 3.8) is 0 Å². The molecule has 3 rings (SSSR count). The first-order valence-electron chi connectivity index (χ1n) is 5.61. The molecule has 2 amide bonds. The Morgan fingerprint density at radius 3 is 3.05 bits per heavy atom. The lowest BCUT2D eigenvalue weighted by Gasteiger charge is -2.24. The third-order valence-corrected chi connectivity index (χ3v) is 3.65. The van der Waals surface area contributed by atoms with Crippen LogP contribution in [0.2, 0.25) is 0 Å². The first-order chi connectivity index (χ1) is 9.08. The zero-order valence-corrected chi connectivity index (χ0v) is 11.3. The fourth-order valence-electron chi connectivity index (χ4n) is 2.29. The van der Waals surface area contributed by atoms with Crippen LogP contribution in [0, 0.1) is 0 Å². The molecule has 6 nitrogen and oxygen atoms in total. The number of carbonyl (C=O) groups excluding carboxylic acids is 2. The van der Waals surface area contributed by atoms with Crippen molar-refractivity contribution in [2.24, 2.45) is 5.73 Å². The monoisotopic (exact) mass is 320 g/mol. The highest BCUT2D eigenvalue weighted by molar-refractivity contribution is 9.10. The molecular formula is C12H9BrN4O2. The van der Waals surface area contributed by atoms with E-state index in [0.29, 0.717) is 21.5 Å². The molecule has 0 spiro atoms. The molecule has 1 aliphatic rings. The van der Waals surface area contributed by atoms with Gasteiger partial charge in [-0.1, -0.05) is 6.07 Å². The van der Waals surface area contributed by atoms with Crippen LogP contribution in [0.25, 0.3) is 10.9 Å². The van der Waals surface area contributed by atoms with Crippen LogP contribution in [0.1, 0.15) is 17.9 Å². The molecule has 96 valence electrons. The van der Waals surface area contributed by atoms with Crippen molar-refractivity contribution in [1.29, 1.82) is 0 Å². The number of carbonyl (C=O) groups is 2. The van der Waals surface area contributed by atoms with Crippen molar-refractivity contribution < 1.29 is 9.59 Å². The summed E-state index contributed by atoms with van der Waals surface area (Å²) >= 11 is 3.31. The van der Waals surface area contributed by atoms with Gasteiger partial charge in [-0.3, -0.25) is 14.6 Å². The Morgan fingerprint density at radius 1 is 1.53 bits per heavy atom. The molecular weight excluding hydrogens is 312 g/mol. The van der Waals surface area contributed by atoms with Gasteiger partial charge in [0.25, 0.3) is 0 Å². The highest BCUT2D eigenvalue weighted by Crippen LogP contribution is 2.38. The first kappa shape index (κ1) is 12.0. The summed E-state index contributed by atoms with van der Waals surface area (Å²) in [7, 11) is 0. The molecule has 0 radical (unpaired) electrons. The second-order valence-electron chi connectivity index (χ2n) is 4.27. The van der Waals surface area contributed by atoms with Crippen LogP contribution in [0.4, 0.5) is 5.82 Å². The highest BCUT2D eigenvalue weighted by Gasteiger charge is 2.32. The number of pyridine rings is 2. The van der Waals surface area contributed by atoms with Crippen molar-refractivity contribution in [2.45, 2.75) is 12.3 Å². The molecule has 0 saturated heterocycles. The van der Waals surface area contributed by atoms with Crippen molar-refractivity contribution in [2.75, 3.05) is 5.32 Å². The van der Waals surface area contributed by atoms with Gasteiger partial charge in [0.2, 0.25) is 11.8 Å². The van der Waals surface area contributed by atoms with Gasteiger partial charge in [-0.2, -0.15) is 0 Å². The Balaban J connectivity index is 2.38. The number of hydrogen-bond acceptors (Lipinski definition) is 4. The van der Waals surface area contributed by atoms with Crippen LogP contribution in [0.5, 0.6) is 0 Å². The van der Waals surface area contributed by atoms with E-state index >= 15 is 0 Å². The van der Waals surface area contributed by atoms with E-state index in [1.165, 1.54) is 0 Å². The summed E-state index contributed by atoms with van der Waals surface area (Å²) in [5, 5.41) is 3.43. The Bertz CT molecular complexity index is 716. The number of nitrogens with zero attached hydrogens (tertiary/aromatic N) is 2. The molecule has 1 unspecified atom stereocenters. The van der Waals surface area contributed by atoms with E-state index in [4.69, 9.17) is 5.73 Å². The van der Waals surface area contributed by atoms with Crippen molar-refractivity contribution >= 4 is 44.5 Å². The van der Waals surface area contributed by atoms with Gasteiger partial charge in [0.15, 0.2) is 0 Å². The number of nitrogens with two attached hydrogens (primary N) is 1. The summed E-state index contributed by atoms with van der Waals surface area (Å²) in [6.07, 6.45) is 1.68. The topological polar surface area (TPSA) is 98.0 Å². The maximum absolute atomic E-state index is 11.6. The van der Waals surface area contributed by atoms with Gasteiger partial charge in [0.05, 0.1) is 5.92 Å². The molecule has 1 aliphatic heterocycles. The number of hydrogen-bond donors (Lipinski definition) is 2. The van der Waals surface area contributed by atoms with Crippen LogP contribution < -0.4 is 11.1 Å². The van der Waals surface area contributed by atoms with Crippen LogP contribution in [-0.4, -0.2) is 21.8 Å². The van der Waals surface area contributed by atoms with Crippen LogP contribution in [0.15, 0.2) is 22.9 Å². The fourth-order valence-corrected chi connectivity index (χ4v) is 2.78. The summed E-state index contributed by atoms with van der Waals surface area (Å²) in [5.74, 6) is -1.10. The molecule has 0 aromatic carbocycles. The summed E-state index contributed by atoms with van der Waals surface area (Å²) in [4.78, 5) is 31.6. The van der Waals surface area contributed by atoms with Gasteiger partial charge in [-0.05, 0) is 22.0 Å². The number of aromatic nitrogens is 2. The molecule has 19 heavy (non-hydrogen) atoms. The van der Waals surface area contributed by atoms with E-state index in [1.54, 1.807) is 12.3 Å². The third-order valence-electron chi connectivity index (χ3n) is 3.10. The molecule has 2 aromatic rings. The van der Waals surface area contributed by atoms with E-state index in [2.05, 4.69) is 31.2 Å². The van der Waals surface area contributed by atoms with Gasteiger partial charge in [-0.25, -0.2) is 4.98 Å². The maximum atomic E-state index is 11.6. The van der Waals surface area contributed by atoms with E-state index in [9.17, 15) is 9.59 Å². The lowest BCUT2D eigenvalue weighted by molar-refractivity contribution is -0.124. The second kappa shape index (κ2) is 4.27. The predicted molar refractivity (Wildman–Crippen MR) is 72.4 cm³/mol. The zero-order valence-electron chi connectivity index (χ0n) is 9.68. The van der Waals surface area contributed by atoms with E-state index < -0.39 is 11.8 Å². The molecule has 0 bridgehead atoms. The minimum absolute atomic E-state index is 0.0373. The van der Waals surface area contributed by atoms with E-state index in [0.717, 1.165) is 5.39 Å². The van der Waals surface area contributed by atoms with Crippen molar-refractivity contribution in [3.8, 4) is 0 Å². The molecule has 3 heterocycles. The fraction of sp³-hybridized carbons (Fsp3) is 0.167. The molecule has 1 atom stereocenters. The molecule has 0 saturated carbocycles. The summed E-state index contributed by atoms with van der Waals surface area (Å²) in [6.45, 7) is 0. The molecule has 7 heteroatoms. The summed E-state index contributed by atoms with van der Waals surface area (Å²) in [6, 6.07) is 3.60. The quantitative estimate of drug-likeness (QED) is 0.774. The lowest BCUT2D eigenvalue weighted by Crippen LogP contribution is -2.32. The van der Waals surface area contributed by atoms with E-state index in [-0.39, 0.29) is 12.3 Å². The van der Waals surface area contributed by atoms with Gasteiger partial charge in [0, 0.05) is 23.6 Å². The molecule has 2 aromatic heterocycles. The number of rotatable bonds is 1. The molecule has 0 fully saturated rings. The third kappa shape index (κ3) is 1.86. The average Bonchev–Trinajstić information content (AvgIpc) is 2.37. The van der Waals surface area contributed by atoms with Crippen LogP contribution in [-0.2, 0) is 9.59 Å². The summed E-state index contributed by atoms with van der Waals surface area (Å²) < 4.78 is 0.521. The zero-order chi connectivity index (χ0) is 13.6. The number of anilines is 1. The Morgan fingerprint density at radius 2 is 2.32 bits per heavy atom. The van der Waals surface area contributed by atoms with Gasteiger partial charge >= 0.3 is 0 Å². The standard InChI is InChI=1S/C12H9BrN4O2/c13-10-9-5(2-1-3-15-9)8-6(11(14)19)4-7(18)16-12(8)17-10/h1-3,6H,4H2,(H2,14,19)(H,16,17,18). The minimum atomic E-state index is -0.670. The Labute approximate surface area is 116 Å². The van der Waals surface area contributed by atoms with E-state index in [1.807, 2.05) is 6.07 Å². The number of nitrogens with one attached hydrogen (secondary N) is 1. The average molecular weight is 321 g/mol. The Hall–Kier alpha value is -2.02. The lowest BCUT2D eigenvalue weighted by atomic mass is 9.89. The van der Waals surface area contributed by atoms with Crippen LogP contribution in [0.3, 0.4) is 0 Å². The normalized spacial score (nSPS) is 17.9. The number of halogens is 1. The Kier molecular flexibility index (Phi) is 2.70. The number of fused-ring (bicyclic) bond motifs is 3. The van der Waals surface area contributed by atoms with Crippen molar-refractivity contribution in [3.05, 3.63) is 28.5 Å². The van der Waals surface area contributed by atoms with Crippen molar-refractivity contribution in [1.82, 2.24) is 9.97 Å². The number of primary amides is 1. The van der Waals surface area contributed by atoms with Gasteiger partial charge < -0.3 is 11.1 Å². The van der Waals surface area contributed by atoms with Gasteiger partial charge in [-0.15, -0.1) is 0 Å². The minimum Gasteiger partial charge on any atom is -0.369 e. The largest absolute Gasteiger partial charge is 0.369 e. The first-order valence-corrected chi connectivity index (χ1v) is 6.40.